The standard InChI is InChI=1S/C26H38N8O6/c1-25(2,3)39-23(37)33(19-9-7-17(27)15-29-19)13-11-21(35)31-32-22(36)12-14-34(24(38)40-26(4,5)6)20-10-8-18(28)16-30-20/h7-10,15-16H,11-14,27-28H2,1-6H3,(H,31,35)(H,32,36). The largest absolute Gasteiger partial charge is 0.443 e. The number of carbonyl (C=O) groups excluding carboxylic acids is 4. The van der Waals surface area contributed by atoms with Crippen LogP contribution in [0.3, 0.4) is 0 Å². The number of nitrogen functional groups attached to an aromatic ring is 2. The van der Waals surface area contributed by atoms with E-state index in [1.165, 1.54) is 34.3 Å². The molecule has 2 aromatic rings. The van der Waals surface area contributed by atoms with Crippen LogP contribution in [0.15, 0.2) is 36.7 Å². The number of hydrazine groups is 1. The van der Waals surface area contributed by atoms with Gasteiger partial charge in [-0.1, -0.05) is 0 Å². The summed E-state index contributed by atoms with van der Waals surface area (Å²) in [7, 11) is 0. The van der Waals surface area contributed by atoms with Gasteiger partial charge in [0.25, 0.3) is 0 Å². The first-order valence-electron chi connectivity index (χ1n) is 12.6. The van der Waals surface area contributed by atoms with E-state index in [2.05, 4.69) is 20.8 Å². The Morgan fingerprint density at radius 1 is 0.700 bits per heavy atom. The van der Waals surface area contributed by atoms with Gasteiger partial charge < -0.3 is 20.9 Å². The molecule has 2 aromatic heterocycles. The highest BCUT2D eigenvalue weighted by atomic mass is 16.6. The molecule has 0 aliphatic rings. The van der Waals surface area contributed by atoms with Crippen LogP contribution in [-0.4, -0.2) is 58.3 Å². The molecule has 0 bridgehead atoms. The van der Waals surface area contributed by atoms with Crippen LogP contribution in [0.5, 0.6) is 0 Å². The third-order valence-corrected chi connectivity index (χ3v) is 4.79. The maximum atomic E-state index is 12.7. The van der Waals surface area contributed by atoms with E-state index in [1.807, 2.05) is 0 Å². The van der Waals surface area contributed by atoms with Gasteiger partial charge in [-0.25, -0.2) is 19.6 Å². The van der Waals surface area contributed by atoms with Gasteiger partial charge >= 0.3 is 12.2 Å². The van der Waals surface area contributed by atoms with E-state index < -0.39 is 35.2 Å². The van der Waals surface area contributed by atoms with Crippen LogP contribution in [0.2, 0.25) is 0 Å². The van der Waals surface area contributed by atoms with E-state index in [-0.39, 0.29) is 37.6 Å². The number of ether oxygens (including phenoxy) is 2. The van der Waals surface area contributed by atoms with Crippen molar-refractivity contribution in [3.8, 4) is 0 Å². The number of anilines is 4. The zero-order valence-electron chi connectivity index (χ0n) is 23.7. The van der Waals surface area contributed by atoms with Crippen molar-refractivity contribution in [2.45, 2.75) is 65.6 Å². The number of nitrogens with one attached hydrogen (secondary N) is 2. The lowest BCUT2D eigenvalue weighted by Crippen LogP contribution is -2.45. The molecule has 218 valence electrons. The number of nitrogens with two attached hydrogens (primary N) is 2. The Morgan fingerprint density at radius 3 is 1.32 bits per heavy atom. The van der Waals surface area contributed by atoms with Crippen LogP contribution < -0.4 is 32.1 Å². The summed E-state index contributed by atoms with van der Waals surface area (Å²) >= 11 is 0. The molecule has 14 nitrogen and oxygen atoms in total. The van der Waals surface area contributed by atoms with E-state index in [0.29, 0.717) is 11.4 Å². The van der Waals surface area contributed by atoms with Crippen molar-refractivity contribution in [3.63, 3.8) is 0 Å². The van der Waals surface area contributed by atoms with Crippen LogP contribution in [0.4, 0.5) is 32.6 Å². The molecule has 0 atom stereocenters. The Kier molecular flexibility index (Phi) is 10.6. The minimum atomic E-state index is -0.769. The second-order valence-corrected chi connectivity index (χ2v) is 10.8. The molecule has 2 heterocycles. The first-order chi connectivity index (χ1) is 18.5. The maximum Gasteiger partial charge on any atom is 0.416 e. The van der Waals surface area contributed by atoms with Crippen molar-refractivity contribution < 1.29 is 28.7 Å². The SMILES string of the molecule is CC(C)(C)OC(=O)N(CCC(=O)NNC(=O)CCN(C(=O)OC(C)(C)C)c1ccc(N)cn1)c1ccc(N)cn1. The number of carbonyl (C=O) groups is 4. The minimum absolute atomic E-state index is 0.0806. The number of nitrogens with zero attached hydrogens (tertiary/aromatic N) is 4. The van der Waals surface area contributed by atoms with Crippen molar-refractivity contribution in [2.24, 2.45) is 0 Å². The predicted molar refractivity (Wildman–Crippen MR) is 150 cm³/mol. The van der Waals surface area contributed by atoms with Crippen LogP contribution >= 0.6 is 0 Å². The molecule has 4 amide bonds. The van der Waals surface area contributed by atoms with E-state index >= 15 is 0 Å². The Morgan fingerprint density at radius 2 is 1.05 bits per heavy atom. The fourth-order valence-electron chi connectivity index (χ4n) is 3.04. The average molecular weight is 559 g/mol. The van der Waals surface area contributed by atoms with Crippen LogP contribution in [0, 0.1) is 0 Å². The summed E-state index contributed by atoms with van der Waals surface area (Å²) in [6.45, 7) is 10.1. The quantitative estimate of drug-likeness (QED) is 0.350. The summed E-state index contributed by atoms with van der Waals surface area (Å²) in [4.78, 5) is 61.0. The van der Waals surface area contributed by atoms with Gasteiger partial charge in [0.05, 0.1) is 23.8 Å². The molecule has 0 unspecified atom stereocenters. The molecule has 0 radical (unpaired) electrons. The minimum Gasteiger partial charge on any atom is -0.443 e. The predicted octanol–water partition coefficient (Wildman–Crippen LogP) is 2.75. The summed E-state index contributed by atoms with van der Waals surface area (Å²) in [5.74, 6) is -0.638. The first kappa shape index (κ1) is 31.6. The Labute approximate surface area is 233 Å². The highest BCUT2D eigenvalue weighted by Gasteiger charge is 2.26. The molecule has 0 saturated carbocycles. The lowest BCUT2D eigenvalue weighted by molar-refractivity contribution is -0.128. The second kappa shape index (κ2) is 13.4. The summed E-state index contributed by atoms with van der Waals surface area (Å²) in [6, 6.07) is 6.21. The van der Waals surface area contributed by atoms with Crippen LogP contribution in [0.25, 0.3) is 0 Å². The molecule has 0 aromatic carbocycles. The molecule has 40 heavy (non-hydrogen) atoms. The average Bonchev–Trinajstić information content (AvgIpc) is 2.83. The van der Waals surface area contributed by atoms with Crippen molar-refractivity contribution in [3.05, 3.63) is 36.7 Å². The van der Waals surface area contributed by atoms with Crippen LogP contribution in [-0.2, 0) is 19.1 Å². The molecule has 0 spiro atoms. The molecule has 14 heteroatoms. The fourth-order valence-corrected chi connectivity index (χ4v) is 3.04. The van der Waals surface area contributed by atoms with Gasteiger partial charge in [-0.15, -0.1) is 0 Å². The fraction of sp³-hybridized carbons (Fsp3) is 0.462. The molecular weight excluding hydrogens is 520 g/mol. The molecule has 2 rings (SSSR count). The maximum absolute atomic E-state index is 12.7. The molecule has 0 aliphatic heterocycles. The van der Waals surface area contributed by atoms with E-state index in [9.17, 15) is 19.2 Å². The van der Waals surface area contributed by atoms with E-state index in [4.69, 9.17) is 20.9 Å². The number of rotatable bonds is 8. The summed E-state index contributed by atoms with van der Waals surface area (Å²) in [5.41, 5.74) is 15.2. The zero-order chi connectivity index (χ0) is 30.1. The Balaban J connectivity index is 1.96. The van der Waals surface area contributed by atoms with Crippen molar-refractivity contribution in [1.82, 2.24) is 20.8 Å². The first-order valence-corrected chi connectivity index (χ1v) is 12.6. The number of hydrogen-bond donors (Lipinski definition) is 4. The van der Waals surface area contributed by atoms with E-state index in [0.717, 1.165) is 0 Å². The van der Waals surface area contributed by atoms with Crippen molar-refractivity contribution in [1.29, 1.82) is 0 Å². The third-order valence-electron chi connectivity index (χ3n) is 4.79. The van der Waals surface area contributed by atoms with Crippen molar-refractivity contribution in [2.75, 3.05) is 34.4 Å². The van der Waals surface area contributed by atoms with Gasteiger partial charge in [0.2, 0.25) is 11.8 Å². The van der Waals surface area contributed by atoms with Gasteiger partial charge in [-0.3, -0.25) is 30.2 Å². The Bertz CT molecular complexity index is 1080. The third kappa shape index (κ3) is 11.0. The lowest BCUT2D eigenvalue weighted by Gasteiger charge is -2.27. The molecule has 6 N–H and O–H groups in total. The molecule has 0 fully saturated rings. The van der Waals surface area contributed by atoms with Gasteiger partial charge in [0.15, 0.2) is 0 Å². The van der Waals surface area contributed by atoms with E-state index in [1.54, 1.807) is 53.7 Å². The monoisotopic (exact) mass is 558 g/mol. The Hall–Kier alpha value is -4.62. The second-order valence-electron chi connectivity index (χ2n) is 10.8. The zero-order valence-corrected chi connectivity index (χ0v) is 23.7. The van der Waals surface area contributed by atoms with Crippen LogP contribution in [0.1, 0.15) is 54.4 Å². The summed E-state index contributed by atoms with van der Waals surface area (Å²) < 4.78 is 10.8. The highest BCUT2D eigenvalue weighted by Crippen LogP contribution is 2.19. The van der Waals surface area contributed by atoms with Crippen molar-refractivity contribution >= 4 is 47.0 Å². The van der Waals surface area contributed by atoms with Gasteiger partial charge in [-0.2, -0.15) is 0 Å². The number of aromatic nitrogens is 2. The topological polar surface area (TPSA) is 195 Å². The summed E-state index contributed by atoms with van der Waals surface area (Å²) in [5, 5.41) is 0. The van der Waals surface area contributed by atoms with Gasteiger partial charge in [0.1, 0.15) is 22.8 Å². The number of pyridine rings is 2. The van der Waals surface area contributed by atoms with Gasteiger partial charge in [0, 0.05) is 25.9 Å². The number of amides is 4. The van der Waals surface area contributed by atoms with Gasteiger partial charge in [-0.05, 0) is 65.8 Å². The normalized spacial score (nSPS) is 11.2. The highest BCUT2D eigenvalue weighted by molar-refractivity contribution is 5.90. The summed E-state index contributed by atoms with van der Waals surface area (Å²) in [6.07, 6.45) is 1.02. The lowest BCUT2D eigenvalue weighted by atomic mass is 10.2. The molecular formula is C26H38N8O6. The molecule has 0 aliphatic carbocycles. The number of hydrogen-bond acceptors (Lipinski definition) is 10. The molecule has 0 saturated heterocycles. The smallest absolute Gasteiger partial charge is 0.416 e.